The molecule has 2 aromatic heterocycles. The van der Waals surface area contributed by atoms with Crippen molar-refractivity contribution in [3.63, 3.8) is 0 Å². The van der Waals surface area contributed by atoms with Gasteiger partial charge in [-0.15, -0.1) is 5.10 Å². The Kier molecular flexibility index (Phi) is 2.41. The minimum absolute atomic E-state index is 0.606. The Balaban J connectivity index is 2.22. The summed E-state index contributed by atoms with van der Waals surface area (Å²) in [5.74, 6) is 0.606. The third-order valence-electron chi connectivity index (χ3n) is 1.63. The summed E-state index contributed by atoms with van der Waals surface area (Å²) in [6.07, 6.45) is 4.79. The Morgan fingerprint density at radius 2 is 2.29 bits per heavy atom. The molecule has 0 saturated carbocycles. The number of nitrogens with one attached hydrogen (secondary N) is 1. The highest BCUT2D eigenvalue weighted by atomic mass is 15.5. The van der Waals surface area contributed by atoms with E-state index >= 15 is 0 Å². The molecule has 0 spiro atoms. The topological polar surface area (TPSA) is 81.4 Å². The fourth-order valence-corrected chi connectivity index (χ4v) is 1.00. The van der Waals surface area contributed by atoms with Crippen molar-refractivity contribution in [2.75, 3.05) is 7.05 Å². The van der Waals surface area contributed by atoms with Crippen LogP contribution in [0.1, 0.15) is 5.69 Å². The predicted molar refractivity (Wildman–Crippen MR) is 47.5 cm³/mol. The monoisotopic (exact) mass is 191 g/mol. The number of nitrogens with zero attached hydrogens (tertiary/aromatic N) is 6. The van der Waals surface area contributed by atoms with Crippen molar-refractivity contribution in [2.24, 2.45) is 0 Å². The smallest absolute Gasteiger partial charge is 0.175 e. The first kappa shape index (κ1) is 8.70. The zero-order valence-electron chi connectivity index (χ0n) is 7.62. The van der Waals surface area contributed by atoms with Gasteiger partial charge in [0.15, 0.2) is 5.82 Å². The summed E-state index contributed by atoms with van der Waals surface area (Å²) in [7, 11) is 1.86. The molecule has 0 aromatic carbocycles. The van der Waals surface area contributed by atoms with Crippen molar-refractivity contribution in [2.45, 2.75) is 6.54 Å². The molecule has 0 fully saturated rings. The van der Waals surface area contributed by atoms with Crippen LogP contribution in [0.5, 0.6) is 0 Å². The molecule has 7 nitrogen and oxygen atoms in total. The Labute approximate surface area is 80.2 Å². The average molecular weight is 191 g/mol. The molecule has 7 heteroatoms. The summed E-state index contributed by atoms with van der Waals surface area (Å²) < 4.78 is 1.45. The molecule has 0 aliphatic heterocycles. The highest BCUT2D eigenvalue weighted by Gasteiger charge is 1.99. The van der Waals surface area contributed by atoms with Gasteiger partial charge in [0.2, 0.25) is 0 Å². The summed E-state index contributed by atoms with van der Waals surface area (Å²) in [5.41, 5.74) is 0.879. The van der Waals surface area contributed by atoms with Gasteiger partial charge in [-0.3, -0.25) is 4.98 Å². The summed E-state index contributed by atoms with van der Waals surface area (Å²) in [6.45, 7) is 0.697. The molecule has 2 aromatic rings. The lowest BCUT2D eigenvalue weighted by molar-refractivity contribution is 0.747. The fraction of sp³-hybridized carbons (Fsp3) is 0.286. The third kappa shape index (κ3) is 1.72. The van der Waals surface area contributed by atoms with Crippen molar-refractivity contribution in [3.05, 3.63) is 24.4 Å². The van der Waals surface area contributed by atoms with Gasteiger partial charge in [-0.25, -0.2) is 4.98 Å². The Morgan fingerprint density at radius 3 is 2.86 bits per heavy atom. The van der Waals surface area contributed by atoms with Crippen LogP contribution in [-0.2, 0) is 6.54 Å². The molecule has 0 unspecified atom stereocenters. The van der Waals surface area contributed by atoms with Crippen molar-refractivity contribution in [3.8, 4) is 5.82 Å². The van der Waals surface area contributed by atoms with Gasteiger partial charge >= 0.3 is 0 Å². The molecular formula is C7H9N7. The molecular weight excluding hydrogens is 182 g/mol. The van der Waals surface area contributed by atoms with Crippen LogP contribution in [0.4, 0.5) is 0 Å². The summed E-state index contributed by atoms with van der Waals surface area (Å²) in [5, 5.41) is 13.7. The quantitative estimate of drug-likeness (QED) is 0.682. The standard InChI is InChI=1S/C7H9N7/c1-8-2-6-3-10-7(4-9-6)14-5-11-12-13-14/h3-5,8H,2H2,1H3. The van der Waals surface area contributed by atoms with Crippen LogP contribution in [0.3, 0.4) is 0 Å². The molecule has 2 rings (SSSR count). The Hall–Kier alpha value is -1.89. The normalized spacial score (nSPS) is 10.4. The molecule has 14 heavy (non-hydrogen) atoms. The first-order valence-corrected chi connectivity index (χ1v) is 4.09. The van der Waals surface area contributed by atoms with Gasteiger partial charge in [0.05, 0.1) is 18.1 Å². The van der Waals surface area contributed by atoms with Crippen LogP contribution in [0, 0.1) is 0 Å². The van der Waals surface area contributed by atoms with E-state index in [0.29, 0.717) is 12.4 Å². The molecule has 1 N–H and O–H groups in total. The van der Waals surface area contributed by atoms with Gasteiger partial charge in [0, 0.05) is 6.54 Å². The van der Waals surface area contributed by atoms with Crippen LogP contribution < -0.4 is 5.32 Å². The van der Waals surface area contributed by atoms with Gasteiger partial charge in [-0.05, 0) is 17.5 Å². The van der Waals surface area contributed by atoms with Crippen LogP contribution in [0.15, 0.2) is 18.7 Å². The van der Waals surface area contributed by atoms with E-state index in [2.05, 4.69) is 30.8 Å². The Morgan fingerprint density at radius 1 is 1.36 bits per heavy atom. The number of tetrazole rings is 1. The molecule has 0 aliphatic rings. The maximum Gasteiger partial charge on any atom is 0.175 e. The van der Waals surface area contributed by atoms with Gasteiger partial charge in [0.1, 0.15) is 6.33 Å². The van der Waals surface area contributed by atoms with E-state index in [1.165, 1.54) is 11.0 Å². The second-order valence-electron chi connectivity index (χ2n) is 2.65. The lowest BCUT2D eigenvalue weighted by Gasteiger charge is -2.00. The van der Waals surface area contributed by atoms with Crippen molar-refractivity contribution in [1.29, 1.82) is 0 Å². The molecule has 0 atom stereocenters. The highest BCUT2D eigenvalue weighted by molar-refractivity contribution is 5.15. The van der Waals surface area contributed by atoms with E-state index in [1.807, 2.05) is 7.05 Å². The van der Waals surface area contributed by atoms with Gasteiger partial charge in [-0.2, -0.15) is 4.68 Å². The SMILES string of the molecule is CNCc1cnc(-n2cnnn2)cn1. The van der Waals surface area contributed by atoms with Crippen LogP contribution in [0.2, 0.25) is 0 Å². The molecule has 0 saturated heterocycles. The predicted octanol–water partition coefficient (Wildman–Crippen LogP) is -0.828. The molecule has 0 aliphatic carbocycles. The summed E-state index contributed by atoms with van der Waals surface area (Å²) in [4.78, 5) is 8.34. The molecule has 2 heterocycles. The van der Waals surface area contributed by atoms with Gasteiger partial charge < -0.3 is 5.32 Å². The van der Waals surface area contributed by atoms with E-state index in [9.17, 15) is 0 Å². The summed E-state index contributed by atoms with van der Waals surface area (Å²) >= 11 is 0. The van der Waals surface area contributed by atoms with Gasteiger partial charge in [0.25, 0.3) is 0 Å². The fourth-order valence-electron chi connectivity index (χ4n) is 1.00. The van der Waals surface area contributed by atoms with E-state index in [-0.39, 0.29) is 0 Å². The zero-order valence-corrected chi connectivity index (χ0v) is 7.62. The van der Waals surface area contributed by atoms with E-state index in [0.717, 1.165) is 5.69 Å². The Bertz CT molecular complexity index is 379. The third-order valence-corrected chi connectivity index (χ3v) is 1.63. The number of hydrogen-bond donors (Lipinski definition) is 1. The second kappa shape index (κ2) is 3.88. The van der Waals surface area contributed by atoms with Crippen molar-refractivity contribution in [1.82, 2.24) is 35.5 Å². The van der Waals surface area contributed by atoms with Crippen molar-refractivity contribution < 1.29 is 0 Å². The van der Waals surface area contributed by atoms with Gasteiger partial charge in [-0.1, -0.05) is 0 Å². The first-order valence-electron chi connectivity index (χ1n) is 4.09. The maximum absolute atomic E-state index is 4.18. The minimum atomic E-state index is 0.606. The van der Waals surface area contributed by atoms with Crippen LogP contribution in [0.25, 0.3) is 5.82 Å². The zero-order chi connectivity index (χ0) is 9.80. The molecule has 0 amide bonds. The largest absolute Gasteiger partial charge is 0.314 e. The van der Waals surface area contributed by atoms with E-state index in [1.54, 1.807) is 12.4 Å². The van der Waals surface area contributed by atoms with Crippen LogP contribution >= 0.6 is 0 Å². The molecule has 72 valence electrons. The van der Waals surface area contributed by atoms with E-state index < -0.39 is 0 Å². The van der Waals surface area contributed by atoms with Crippen molar-refractivity contribution >= 4 is 0 Å². The highest BCUT2D eigenvalue weighted by Crippen LogP contribution is 1.98. The maximum atomic E-state index is 4.18. The lowest BCUT2D eigenvalue weighted by atomic mass is 10.4. The molecule has 0 bridgehead atoms. The average Bonchev–Trinajstić information content (AvgIpc) is 2.72. The molecule has 0 radical (unpaired) electrons. The number of hydrogen-bond acceptors (Lipinski definition) is 6. The first-order chi connectivity index (χ1) is 6.90. The van der Waals surface area contributed by atoms with Crippen LogP contribution in [-0.4, -0.2) is 37.2 Å². The second-order valence-corrected chi connectivity index (χ2v) is 2.65. The minimum Gasteiger partial charge on any atom is -0.314 e. The lowest BCUT2D eigenvalue weighted by Crippen LogP contribution is -2.08. The van der Waals surface area contributed by atoms with E-state index in [4.69, 9.17) is 0 Å². The number of aromatic nitrogens is 6. The number of rotatable bonds is 3. The summed E-state index contributed by atoms with van der Waals surface area (Å²) in [6, 6.07) is 0.